The maximum atomic E-state index is 13.0. The molecule has 0 aliphatic rings. The van der Waals surface area contributed by atoms with E-state index in [1.54, 1.807) is 12.1 Å². The van der Waals surface area contributed by atoms with E-state index in [0.29, 0.717) is 11.1 Å². The third-order valence-corrected chi connectivity index (χ3v) is 7.35. The van der Waals surface area contributed by atoms with Gasteiger partial charge in [-0.25, -0.2) is 8.78 Å². The zero-order chi connectivity index (χ0) is 31.9. The second-order valence-electron chi connectivity index (χ2n) is 10.9. The zero-order valence-corrected chi connectivity index (χ0v) is 31.7. The molecular weight excluding hydrogens is 667 g/mol. The monoisotopic (exact) mass is 717 g/mol. The van der Waals surface area contributed by atoms with E-state index in [-0.39, 0.29) is 66.3 Å². The molecule has 0 saturated heterocycles. The Morgan fingerprint density at radius 3 is 1.11 bits per heavy atom. The Kier molecular flexibility index (Phi) is 21.9. The van der Waals surface area contributed by atoms with Crippen molar-refractivity contribution in [2.24, 2.45) is 0 Å². The second-order valence-corrected chi connectivity index (χ2v) is 10.9. The number of ketones is 1. The number of nitrogens with zero attached hydrogens (tertiary/aromatic N) is 2. The molecule has 0 spiro atoms. The van der Waals surface area contributed by atoms with Crippen LogP contribution in [0.15, 0.2) is 104 Å². The Balaban J connectivity index is 0. The van der Waals surface area contributed by atoms with E-state index in [9.17, 15) is 13.6 Å². The molecule has 0 heterocycles. The van der Waals surface area contributed by atoms with Gasteiger partial charge in [-0.15, -0.1) is 0 Å². The van der Waals surface area contributed by atoms with Crippen LogP contribution in [0.25, 0.3) is 5.57 Å². The molecule has 0 amide bonds. The van der Waals surface area contributed by atoms with Crippen LogP contribution in [0.4, 0.5) is 20.2 Å². The first-order valence-corrected chi connectivity index (χ1v) is 15.8. The standard InChI is InChI=1S/C20H24FN.C19H22FNO.CH3.BrH.Mg.H2/c1-4-14-22(15-5-2)20-12-8-18(9-13-20)16(3)17-6-10-19(21)11-7-17;1-3-13-21(14-4-2)18-11-7-16(8-12-18)19(22)15-5-9-17(20)10-6-15;;;;/h6-13H,3-5,14-15H2,1-2H3;5-12H,3-4,13-14H2,1-2H3;1H3;1H;;1H/q;;-1;;+2;/p-1/i;;;;;1+1. The summed E-state index contributed by atoms with van der Waals surface area (Å²) >= 11 is 0. The van der Waals surface area contributed by atoms with Crippen molar-refractivity contribution in [2.45, 2.75) is 53.4 Å². The SMILES string of the molecule is C=C(c1ccc(F)cc1)c1ccc(N(CCC)CCC)cc1.CCCN(CCC)c1ccc(C(=O)c2ccc(F)cc2)cc1.[2HH].[Br-].[CH3-].[Mg+2]. The molecule has 0 N–H and O–H groups in total. The van der Waals surface area contributed by atoms with Crippen LogP contribution < -0.4 is 26.8 Å². The third-order valence-electron chi connectivity index (χ3n) is 7.35. The van der Waals surface area contributed by atoms with Crippen LogP contribution in [0.2, 0.25) is 0 Å². The van der Waals surface area contributed by atoms with E-state index in [1.165, 1.54) is 42.1 Å². The van der Waals surface area contributed by atoms with Crippen LogP contribution in [0.1, 0.15) is 81.9 Å². The van der Waals surface area contributed by atoms with Crippen molar-refractivity contribution in [2.75, 3.05) is 36.0 Å². The molecule has 0 aliphatic carbocycles. The molecule has 4 rings (SSSR count). The van der Waals surface area contributed by atoms with Crippen LogP contribution in [-0.2, 0) is 0 Å². The van der Waals surface area contributed by atoms with Gasteiger partial charge in [0.2, 0.25) is 0 Å². The summed E-state index contributed by atoms with van der Waals surface area (Å²) in [5.74, 6) is -0.632. The molecule has 0 aromatic heterocycles. The van der Waals surface area contributed by atoms with Crippen LogP contribution in [0, 0.1) is 19.1 Å². The van der Waals surface area contributed by atoms with E-state index in [4.69, 9.17) is 0 Å². The molecule has 0 radical (unpaired) electrons. The van der Waals surface area contributed by atoms with Crippen LogP contribution in [0.3, 0.4) is 0 Å². The molecule has 0 fully saturated rings. The number of hydrogen-bond acceptors (Lipinski definition) is 3. The Bertz CT molecular complexity index is 1330. The second kappa shape index (κ2) is 23.3. The summed E-state index contributed by atoms with van der Waals surface area (Å²) in [6, 6.07) is 28.3. The van der Waals surface area contributed by atoms with Gasteiger partial charge in [-0.3, -0.25) is 4.79 Å². The molecule has 4 aromatic rings. The minimum Gasteiger partial charge on any atom is -1.00 e. The molecule has 0 saturated carbocycles. The summed E-state index contributed by atoms with van der Waals surface area (Å²) in [7, 11) is 0. The van der Waals surface area contributed by atoms with Crippen LogP contribution >= 0.6 is 0 Å². The Labute approximate surface area is 310 Å². The quantitative estimate of drug-likeness (QED) is 0.0767. The topological polar surface area (TPSA) is 23.6 Å². The Hall–Kier alpha value is -3.00. The summed E-state index contributed by atoms with van der Waals surface area (Å²) in [5, 5.41) is 0. The van der Waals surface area contributed by atoms with Gasteiger partial charge in [-0.1, -0.05) is 58.5 Å². The molecule has 0 aliphatic heterocycles. The van der Waals surface area contributed by atoms with Crippen molar-refractivity contribution < 1.29 is 32.0 Å². The minimum absolute atomic E-state index is 0. The first kappa shape index (κ1) is 44.0. The first-order chi connectivity index (χ1) is 21.3. The predicted octanol–water partition coefficient (Wildman–Crippen LogP) is 7.52. The number of carbonyl (C=O) groups is 1. The summed E-state index contributed by atoms with van der Waals surface area (Å²) in [6.45, 7) is 17.0. The van der Waals surface area contributed by atoms with Gasteiger partial charge in [0.15, 0.2) is 5.78 Å². The fraction of sp³-hybridized carbons (Fsp3) is 0.300. The fourth-order valence-corrected chi connectivity index (χ4v) is 5.10. The molecular formula is C40H51BrF2MgN2O. The summed E-state index contributed by atoms with van der Waals surface area (Å²) in [5.41, 5.74) is 6.47. The molecule has 0 atom stereocenters. The number of benzene rings is 4. The predicted molar refractivity (Wildman–Crippen MR) is 197 cm³/mol. The fourth-order valence-electron chi connectivity index (χ4n) is 5.10. The number of hydrogen-bond donors (Lipinski definition) is 0. The Morgan fingerprint density at radius 1 is 0.553 bits per heavy atom. The Morgan fingerprint density at radius 2 is 0.809 bits per heavy atom. The normalized spacial score (nSPS) is 9.83. The van der Waals surface area contributed by atoms with E-state index in [1.807, 2.05) is 24.3 Å². The number of rotatable bonds is 14. The van der Waals surface area contributed by atoms with Gasteiger partial charge in [-0.05, 0) is 115 Å². The minimum atomic E-state index is -0.332. The number of anilines is 2. The maximum absolute atomic E-state index is 13.0. The van der Waals surface area contributed by atoms with E-state index < -0.39 is 0 Å². The molecule has 4 aromatic carbocycles. The van der Waals surface area contributed by atoms with Crippen molar-refractivity contribution in [3.63, 3.8) is 0 Å². The van der Waals surface area contributed by atoms with Gasteiger partial charge < -0.3 is 34.2 Å². The molecule has 3 nitrogen and oxygen atoms in total. The van der Waals surface area contributed by atoms with Gasteiger partial charge >= 0.3 is 23.1 Å². The van der Waals surface area contributed by atoms with E-state index in [0.717, 1.165) is 74.2 Å². The third kappa shape index (κ3) is 13.6. The van der Waals surface area contributed by atoms with Crippen molar-refractivity contribution >= 4 is 45.8 Å². The molecule has 47 heavy (non-hydrogen) atoms. The first-order valence-electron chi connectivity index (χ1n) is 15.8. The molecule has 0 bridgehead atoms. The van der Waals surface area contributed by atoms with Crippen molar-refractivity contribution in [1.29, 1.82) is 0 Å². The van der Waals surface area contributed by atoms with E-state index in [2.05, 4.69) is 68.3 Å². The van der Waals surface area contributed by atoms with Gasteiger partial charge in [0, 0.05) is 50.1 Å². The number of carbonyl (C=O) groups excluding carboxylic acids is 1. The van der Waals surface area contributed by atoms with E-state index >= 15 is 0 Å². The number of halogens is 3. The van der Waals surface area contributed by atoms with Crippen molar-refractivity contribution in [3.8, 4) is 0 Å². The molecule has 250 valence electrons. The van der Waals surface area contributed by atoms with Crippen molar-refractivity contribution in [3.05, 3.63) is 145 Å². The van der Waals surface area contributed by atoms with Crippen molar-refractivity contribution in [1.82, 2.24) is 0 Å². The molecule has 7 heteroatoms. The maximum Gasteiger partial charge on any atom is 2.00 e. The largest absolute Gasteiger partial charge is 2.00 e. The van der Waals surface area contributed by atoms with Crippen LogP contribution in [0.5, 0.6) is 0 Å². The average Bonchev–Trinajstić information content (AvgIpc) is 3.05. The summed E-state index contributed by atoms with van der Waals surface area (Å²) in [6.07, 6.45) is 4.47. The van der Waals surface area contributed by atoms with Gasteiger partial charge in [-0.2, -0.15) is 0 Å². The van der Waals surface area contributed by atoms with Crippen LogP contribution in [-0.4, -0.2) is 55.0 Å². The smallest absolute Gasteiger partial charge is 1.00 e. The van der Waals surface area contributed by atoms with Gasteiger partial charge in [0.25, 0.3) is 0 Å². The van der Waals surface area contributed by atoms with Gasteiger partial charge in [0.1, 0.15) is 11.6 Å². The zero-order valence-electron chi connectivity index (χ0n) is 28.7. The average molecular weight is 719 g/mol. The molecule has 0 unspecified atom stereocenters. The summed E-state index contributed by atoms with van der Waals surface area (Å²) in [4.78, 5) is 17.1. The van der Waals surface area contributed by atoms with Gasteiger partial charge in [0.05, 0.1) is 0 Å². The summed E-state index contributed by atoms with van der Waals surface area (Å²) < 4.78 is 25.9.